The monoisotopic (exact) mass is 319 g/mol. The lowest BCUT2D eigenvalue weighted by Crippen LogP contribution is -2.39. The fourth-order valence-electron chi connectivity index (χ4n) is 1.72. The molecular formula is C12H18ClN3O3S. The highest BCUT2D eigenvalue weighted by molar-refractivity contribution is 7.98. The van der Waals surface area contributed by atoms with E-state index in [-0.39, 0.29) is 5.91 Å². The molecule has 1 atom stereocenters. The summed E-state index contributed by atoms with van der Waals surface area (Å²) in [5, 5.41) is 16.2. The van der Waals surface area contributed by atoms with Gasteiger partial charge in [-0.1, -0.05) is 11.6 Å². The maximum atomic E-state index is 11.0. The molecule has 0 bridgehead atoms. The summed E-state index contributed by atoms with van der Waals surface area (Å²) in [4.78, 5) is 21.8. The summed E-state index contributed by atoms with van der Waals surface area (Å²) in [5.41, 5.74) is 1.84. The molecule has 20 heavy (non-hydrogen) atoms. The minimum Gasteiger partial charge on any atom is -0.480 e. The van der Waals surface area contributed by atoms with Crippen LogP contribution in [0.15, 0.2) is 0 Å². The molecule has 1 unspecified atom stereocenters. The molecule has 0 saturated carbocycles. The van der Waals surface area contributed by atoms with E-state index in [2.05, 4.69) is 10.4 Å². The Hall–Kier alpha value is -1.21. The SMILES string of the molecule is CC(=O)NC(CCSCc1c(C)nn(C)c1Cl)C(=O)O. The van der Waals surface area contributed by atoms with Crippen LogP contribution in [0.2, 0.25) is 5.15 Å². The van der Waals surface area contributed by atoms with Gasteiger partial charge >= 0.3 is 5.97 Å². The average Bonchev–Trinajstić information content (AvgIpc) is 2.58. The van der Waals surface area contributed by atoms with E-state index in [1.54, 1.807) is 23.5 Å². The van der Waals surface area contributed by atoms with Crippen LogP contribution < -0.4 is 5.32 Å². The molecule has 1 aromatic rings. The first-order valence-electron chi connectivity index (χ1n) is 6.08. The van der Waals surface area contributed by atoms with Crippen molar-refractivity contribution in [3.63, 3.8) is 0 Å². The minimum atomic E-state index is -1.02. The van der Waals surface area contributed by atoms with Gasteiger partial charge in [0.1, 0.15) is 11.2 Å². The number of aryl methyl sites for hydroxylation is 2. The summed E-state index contributed by atoms with van der Waals surface area (Å²) in [7, 11) is 1.78. The van der Waals surface area contributed by atoms with Crippen LogP contribution in [0, 0.1) is 6.92 Å². The zero-order chi connectivity index (χ0) is 15.3. The molecule has 1 rings (SSSR count). The van der Waals surface area contributed by atoms with Crippen molar-refractivity contribution in [3.05, 3.63) is 16.4 Å². The highest BCUT2D eigenvalue weighted by Gasteiger charge is 2.18. The minimum absolute atomic E-state index is 0.339. The number of aliphatic carboxylic acids is 1. The van der Waals surface area contributed by atoms with E-state index < -0.39 is 12.0 Å². The molecule has 2 N–H and O–H groups in total. The van der Waals surface area contributed by atoms with E-state index in [1.165, 1.54) is 6.92 Å². The van der Waals surface area contributed by atoms with Crippen LogP contribution in [0.3, 0.4) is 0 Å². The van der Waals surface area contributed by atoms with E-state index in [9.17, 15) is 9.59 Å². The zero-order valence-corrected chi connectivity index (χ0v) is 13.2. The fraction of sp³-hybridized carbons (Fsp3) is 0.583. The standard InChI is InChI=1S/C12H18ClN3O3S/c1-7-9(11(13)16(3)15-7)6-20-5-4-10(12(18)19)14-8(2)17/h10H,4-6H2,1-3H3,(H,14,17)(H,18,19). The van der Waals surface area contributed by atoms with Crippen LogP contribution in [-0.2, 0) is 22.4 Å². The third-order valence-corrected chi connectivity index (χ3v) is 4.23. The molecule has 1 heterocycles. The van der Waals surface area contributed by atoms with Gasteiger partial charge in [0.15, 0.2) is 0 Å². The summed E-state index contributed by atoms with van der Waals surface area (Å²) >= 11 is 7.68. The molecule has 0 fully saturated rings. The summed E-state index contributed by atoms with van der Waals surface area (Å²) < 4.78 is 1.62. The van der Waals surface area contributed by atoms with Gasteiger partial charge in [-0.05, 0) is 19.1 Å². The van der Waals surface area contributed by atoms with Crippen LogP contribution in [0.5, 0.6) is 0 Å². The number of amides is 1. The Morgan fingerprint density at radius 1 is 1.55 bits per heavy atom. The van der Waals surface area contributed by atoms with Crippen molar-refractivity contribution < 1.29 is 14.7 Å². The number of rotatable bonds is 7. The zero-order valence-electron chi connectivity index (χ0n) is 11.6. The lowest BCUT2D eigenvalue weighted by molar-refractivity contribution is -0.141. The summed E-state index contributed by atoms with van der Waals surface area (Å²) in [6.45, 7) is 3.20. The van der Waals surface area contributed by atoms with Crippen molar-refractivity contribution in [3.8, 4) is 0 Å². The van der Waals surface area contributed by atoms with Crippen LogP contribution in [0.1, 0.15) is 24.6 Å². The van der Waals surface area contributed by atoms with E-state index >= 15 is 0 Å². The maximum absolute atomic E-state index is 11.0. The molecule has 0 aliphatic rings. The second-order valence-corrected chi connectivity index (χ2v) is 5.87. The van der Waals surface area contributed by atoms with Gasteiger partial charge in [-0.25, -0.2) is 4.79 Å². The van der Waals surface area contributed by atoms with Gasteiger partial charge < -0.3 is 10.4 Å². The Balaban J connectivity index is 2.44. The highest BCUT2D eigenvalue weighted by atomic mass is 35.5. The number of nitrogens with zero attached hydrogens (tertiary/aromatic N) is 2. The van der Waals surface area contributed by atoms with Crippen molar-refractivity contribution in [2.45, 2.75) is 32.1 Å². The van der Waals surface area contributed by atoms with Gasteiger partial charge in [0.05, 0.1) is 5.69 Å². The van der Waals surface area contributed by atoms with Crippen LogP contribution in [0.4, 0.5) is 0 Å². The van der Waals surface area contributed by atoms with Crippen LogP contribution >= 0.6 is 23.4 Å². The molecule has 0 aromatic carbocycles. The Kier molecular flexibility index (Phi) is 6.35. The number of nitrogens with one attached hydrogen (secondary N) is 1. The number of thioether (sulfide) groups is 1. The molecule has 112 valence electrons. The number of carbonyl (C=O) groups is 2. The maximum Gasteiger partial charge on any atom is 0.326 e. The van der Waals surface area contributed by atoms with Crippen molar-refractivity contribution in [1.29, 1.82) is 0 Å². The molecular weight excluding hydrogens is 302 g/mol. The average molecular weight is 320 g/mol. The summed E-state index contributed by atoms with van der Waals surface area (Å²) in [5.74, 6) is -0.0720. The van der Waals surface area contributed by atoms with E-state index in [0.29, 0.717) is 23.1 Å². The van der Waals surface area contributed by atoms with Crippen molar-refractivity contribution in [1.82, 2.24) is 15.1 Å². The molecule has 0 spiro atoms. The second-order valence-electron chi connectivity index (χ2n) is 4.41. The lowest BCUT2D eigenvalue weighted by atomic mass is 10.2. The number of hydrogen-bond donors (Lipinski definition) is 2. The highest BCUT2D eigenvalue weighted by Crippen LogP contribution is 2.24. The Labute approximate surface area is 126 Å². The molecule has 1 amide bonds. The topological polar surface area (TPSA) is 84.2 Å². The first kappa shape index (κ1) is 16.8. The first-order valence-corrected chi connectivity index (χ1v) is 7.61. The van der Waals surface area contributed by atoms with Gasteiger partial charge in [-0.2, -0.15) is 16.9 Å². The number of carbonyl (C=O) groups excluding carboxylic acids is 1. The van der Waals surface area contributed by atoms with Gasteiger partial charge in [-0.15, -0.1) is 0 Å². The third kappa shape index (κ3) is 4.72. The normalized spacial score (nSPS) is 12.2. The second kappa shape index (κ2) is 7.54. The lowest BCUT2D eigenvalue weighted by Gasteiger charge is -2.12. The quantitative estimate of drug-likeness (QED) is 0.746. The predicted molar refractivity (Wildman–Crippen MR) is 79.0 cm³/mol. The Morgan fingerprint density at radius 2 is 2.20 bits per heavy atom. The first-order chi connectivity index (χ1) is 9.32. The number of halogens is 1. The summed E-state index contributed by atoms with van der Waals surface area (Å²) in [6.07, 6.45) is 0.372. The molecule has 1 aromatic heterocycles. The smallest absolute Gasteiger partial charge is 0.326 e. The fourth-order valence-corrected chi connectivity index (χ4v) is 3.13. The number of carboxylic acid groups (broad SMARTS) is 1. The van der Waals surface area contributed by atoms with Crippen molar-refractivity contribution in [2.75, 3.05) is 5.75 Å². The van der Waals surface area contributed by atoms with E-state index in [1.807, 2.05) is 6.92 Å². The molecule has 0 aliphatic heterocycles. The third-order valence-electron chi connectivity index (χ3n) is 2.74. The van der Waals surface area contributed by atoms with Gasteiger partial charge in [0, 0.05) is 25.3 Å². The van der Waals surface area contributed by atoms with Crippen molar-refractivity contribution >= 4 is 35.2 Å². The number of carboxylic acids is 1. The summed E-state index contributed by atoms with van der Waals surface area (Å²) in [6, 6.07) is -0.842. The van der Waals surface area contributed by atoms with Gasteiger partial charge in [0.2, 0.25) is 5.91 Å². The molecule has 0 saturated heterocycles. The predicted octanol–water partition coefficient (Wildman–Crippen LogP) is 1.59. The van der Waals surface area contributed by atoms with Crippen molar-refractivity contribution in [2.24, 2.45) is 7.05 Å². The van der Waals surface area contributed by atoms with E-state index in [4.69, 9.17) is 16.7 Å². The van der Waals surface area contributed by atoms with Gasteiger partial charge in [-0.3, -0.25) is 9.48 Å². The molecule has 0 radical (unpaired) electrons. The van der Waals surface area contributed by atoms with E-state index in [0.717, 1.165) is 11.3 Å². The van der Waals surface area contributed by atoms with Gasteiger partial charge in [0.25, 0.3) is 0 Å². The number of aromatic nitrogens is 2. The molecule has 0 aliphatic carbocycles. The van der Waals surface area contributed by atoms with Crippen LogP contribution in [0.25, 0.3) is 0 Å². The molecule has 6 nitrogen and oxygen atoms in total. The Morgan fingerprint density at radius 3 is 2.65 bits per heavy atom. The largest absolute Gasteiger partial charge is 0.480 e. The molecule has 8 heteroatoms. The van der Waals surface area contributed by atoms with Crippen LogP contribution in [-0.4, -0.2) is 38.6 Å². The Bertz CT molecular complexity index is 504. The number of hydrogen-bond acceptors (Lipinski definition) is 4.